The molecule has 0 radical (unpaired) electrons. The summed E-state index contributed by atoms with van der Waals surface area (Å²) in [5.41, 5.74) is 1.90. The van der Waals surface area contributed by atoms with E-state index in [0.29, 0.717) is 5.88 Å². The number of benzene rings is 1. The molecule has 3 aromatic rings. The molecular formula is C18H18N2OS. The molecule has 0 unspecified atom stereocenters. The van der Waals surface area contributed by atoms with Crippen molar-refractivity contribution in [3.8, 4) is 26.9 Å². The molecule has 0 saturated carbocycles. The van der Waals surface area contributed by atoms with Crippen molar-refractivity contribution >= 4 is 11.3 Å². The monoisotopic (exact) mass is 310 g/mol. The van der Waals surface area contributed by atoms with Crippen LogP contribution in [0.4, 0.5) is 0 Å². The lowest BCUT2D eigenvalue weighted by atomic mass is 10.2. The van der Waals surface area contributed by atoms with Gasteiger partial charge in [-0.2, -0.15) is 0 Å². The summed E-state index contributed by atoms with van der Waals surface area (Å²) in [6, 6.07) is 14.2. The molecule has 0 aliphatic carbocycles. The summed E-state index contributed by atoms with van der Waals surface area (Å²) in [6.45, 7) is 6.10. The van der Waals surface area contributed by atoms with Gasteiger partial charge in [0.2, 0.25) is 5.88 Å². The number of nitrogens with zero attached hydrogens (tertiary/aromatic N) is 2. The second kappa shape index (κ2) is 5.89. The highest BCUT2D eigenvalue weighted by atomic mass is 32.1. The molecule has 1 aromatic carbocycles. The van der Waals surface area contributed by atoms with Crippen LogP contribution in [-0.4, -0.2) is 15.6 Å². The molecule has 4 heteroatoms. The number of thiazole rings is 1. The van der Waals surface area contributed by atoms with Crippen molar-refractivity contribution in [1.82, 2.24) is 9.97 Å². The summed E-state index contributed by atoms with van der Waals surface area (Å²) in [4.78, 5) is 9.83. The zero-order valence-electron chi connectivity index (χ0n) is 12.9. The Kier molecular flexibility index (Phi) is 3.94. The van der Waals surface area contributed by atoms with Gasteiger partial charge in [0.05, 0.1) is 4.88 Å². The molecule has 3 rings (SSSR count). The van der Waals surface area contributed by atoms with Gasteiger partial charge >= 0.3 is 0 Å². The largest absolute Gasteiger partial charge is 0.471 e. The zero-order chi connectivity index (χ0) is 15.6. The third-order valence-electron chi connectivity index (χ3n) is 2.96. The van der Waals surface area contributed by atoms with Gasteiger partial charge in [-0.1, -0.05) is 30.3 Å². The first-order valence-corrected chi connectivity index (χ1v) is 8.00. The maximum absolute atomic E-state index is 6.07. The van der Waals surface area contributed by atoms with Crippen LogP contribution in [0.25, 0.3) is 21.0 Å². The quantitative estimate of drug-likeness (QED) is 0.679. The minimum atomic E-state index is -0.285. The Morgan fingerprint density at radius 1 is 0.909 bits per heavy atom. The van der Waals surface area contributed by atoms with Crippen LogP contribution in [0.15, 0.2) is 54.9 Å². The predicted octanol–water partition coefficient (Wildman–Crippen LogP) is 5.05. The fourth-order valence-electron chi connectivity index (χ4n) is 2.06. The molecule has 112 valence electrons. The van der Waals surface area contributed by atoms with E-state index in [9.17, 15) is 0 Å². The summed E-state index contributed by atoms with van der Waals surface area (Å²) in [5.74, 6) is 0.690. The molecule has 0 bridgehead atoms. The molecule has 3 nitrogen and oxygen atoms in total. The van der Waals surface area contributed by atoms with Gasteiger partial charge in [0, 0.05) is 18.0 Å². The molecule has 2 aromatic heterocycles. The Bertz CT molecular complexity index is 746. The number of rotatable bonds is 3. The van der Waals surface area contributed by atoms with Gasteiger partial charge in [-0.25, -0.2) is 4.98 Å². The van der Waals surface area contributed by atoms with Crippen molar-refractivity contribution in [2.75, 3.05) is 0 Å². The first kappa shape index (κ1) is 14.7. The fraction of sp³-hybridized carbons (Fsp3) is 0.222. The maximum atomic E-state index is 6.07. The van der Waals surface area contributed by atoms with Gasteiger partial charge < -0.3 is 4.74 Å². The first-order chi connectivity index (χ1) is 10.5. The van der Waals surface area contributed by atoms with Crippen molar-refractivity contribution < 1.29 is 4.74 Å². The summed E-state index contributed by atoms with van der Waals surface area (Å²) >= 11 is 1.64. The zero-order valence-corrected chi connectivity index (χ0v) is 13.7. The number of hydrogen-bond acceptors (Lipinski definition) is 4. The Morgan fingerprint density at radius 2 is 1.59 bits per heavy atom. The van der Waals surface area contributed by atoms with Crippen LogP contribution in [0.3, 0.4) is 0 Å². The minimum absolute atomic E-state index is 0.285. The Hall–Kier alpha value is -2.20. The number of hydrogen-bond donors (Lipinski definition) is 0. The predicted molar refractivity (Wildman–Crippen MR) is 91.2 cm³/mol. The summed E-state index contributed by atoms with van der Waals surface area (Å²) in [6.07, 6.45) is 3.56. The lowest BCUT2D eigenvalue weighted by Gasteiger charge is -2.20. The van der Waals surface area contributed by atoms with Crippen LogP contribution in [0, 0.1) is 0 Å². The molecule has 0 N–H and O–H groups in total. The molecule has 0 spiro atoms. The van der Waals surface area contributed by atoms with Gasteiger partial charge in [-0.15, -0.1) is 11.3 Å². The highest BCUT2D eigenvalue weighted by molar-refractivity contribution is 7.18. The lowest BCUT2D eigenvalue weighted by molar-refractivity contribution is 0.126. The van der Waals surface area contributed by atoms with Crippen molar-refractivity contribution in [3.63, 3.8) is 0 Å². The first-order valence-electron chi connectivity index (χ1n) is 7.18. The van der Waals surface area contributed by atoms with Crippen LogP contribution in [0.1, 0.15) is 20.8 Å². The van der Waals surface area contributed by atoms with E-state index in [0.717, 1.165) is 21.0 Å². The van der Waals surface area contributed by atoms with E-state index in [-0.39, 0.29) is 5.60 Å². The van der Waals surface area contributed by atoms with Gasteiger partial charge in [-0.3, -0.25) is 4.98 Å². The Morgan fingerprint density at radius 3 is 2.23 bits per heavy atom. The van der Waals surface area contributed by atoms with Crippen molar-refractivity contribution in [1.29, 1.82) is 0 Å². The van der Waals surface area contributed by atoms with Gasteiger partial charge in [0.1, 0.15) is 10.6 Å². The molecule has 22 heavy (non-hydrogen) atoms. The Labute approximate surface area is 134 Å². The van der Waals surface area contributed by atoms with Gasteiger partial charge in [0.15, 0.2) is 0 Å². The van der Waals surface area contributed by atoms with Crippen LogP contribution >= 0.6 is 11.3 Å². The van der Waals surface area contributed by atoms with Crippen molar-refractivity contribution in [3.05, 3.63) is 54.9 Å². The van der Waals surface area contributed by atoms with E-state index in [2.05, 4.69) is 17.1 Å². The second-order valence-electron chi connectivity index (χ2n) is 5.97. The second-order valence-corrected chi connectivity index (χ2v) is 6.97. The number of ether oxygens (including phenoxy) is 1. The van der Waals surface area contributed by atoms with Gasteiger partial charge in [0.25, 0.3) is 0 Å². The van der Waals surface area contributed by atoms with Crippen molar-refractivity contribution in [2.24, 2.45) is 0 Å². The summed E-state index contributed by atoms with van der Waals surface area (Å²) < 4.78 is 6.07. The highest BCUT2D eigenvalue weighted by Gasteiger charge is 2.20. The van der Waals surface area contributed by atoms with Gasteiger partial charge in [-0.05, 0) is 38.5 Å². The number of aromatic nitrogens is 2. The van der Waals surface area contributed by atoms with Crippen LogP contribution in [0.5, 0.6) is 5.88 Å². The molecule has 0 amide bonds. The molecule has 0 aliphatic rings. The number of pyridine rings is 1. The molecular weight excluding hydrogens is 292 g/mol. The SMILES string of the molecule is CC(C)(C)Oc1nc(-c2ccncc2)sc1-c1ccccc1. The third kappa shape index (κ3) is 3.34. The molecule has 0 saturated heterocycles. The minimum Gasteiger partial charge on any atom is -0.471 e. The van der Waals surface area contributed by atoms with E-state index >= 15 is 0 Å². The lowest BCUT2D eigenvalue weighted by Crippen LogP contribution is -2.23. The van der Waals surface area contributed by atoms with Crippen molar-refractivity contribution in [2.45, 2.75) is 26.4 Å². The smallest absolute Gasteiger partial charge is 0.233 e. The van der Waals surface area contributed by atoms with E-state index in [1.54, 1.807) is 23.7 Å². The van der Waals surface area contributed by atoms with E-state index in [4.69, 9.17) is 9.72 Å². The third-order valence-corrected chi connectivity index (χ3v) is 4.10. The molecule has 0 fully saturated rings. The molecule has 0 aliphatic heterocycles. The highest BCUT2D eigenvalue weighted by Crippen LogP contribution is 2.40. The fourth-order valence-corrected chi connectivity index (χ4v) is 3.06. The normalized spacial score (nSPS) is 11.4. The standard InChI is InChI=1S/C18H18N2OS/c1-18(2,3)21-16-15(13-7-5-4-6-8-13)22-17(20-16)14-9-11-19-12-10-14/h4-12H,1-3H3. The summed E-state index contributed by atoms with van der Waals surface area (Å²) in [7, 11) is 0. The van der Waals surface area contributed by atoms with E-state index < -0.39 is 0 Å². The maximum Gasteiger partial charge on any atom is 0.233 e. The van der Waals surface area contributed by atoms with Crippen LogP contribution < -0.4 is 4.74 Å². The van der Waals surface area contributed by atoms with E-state index in [1.165, 1.54) is 0 Å². The van der Waals surface area contributed by atoms with Crippen LogP contribution in [-0.2, 0) is 0 Å². The van der Waals surface area contributed by atoms with Crippen LogP contribution in [0.2, 0.25) is 0 Å². The molecule has 0 atom stereocenters. The Balaban J connectivity index is 2.09. The van der Waals surface area contributed by atoms with E-state index in [1.807, 2.05) is 51.1 Å². The molecule has 2 heterocycles. The summed E-state index contributed by atoms with van der Waals surface area (Å²) in [5, 5.41) is 0.945. The topological polar surface area (TPSA) is 35.0 Å². The average molecular weight is 310 g/mol. The average Bonchev–Trinajstić information content (AvgIpc) is 2.91.